The van der Waals surface area contributed by atoms with Gasteiger partial charge in [-0.15, -0.1) is 0 Å². The maximum Gasteiger partial charge on any atom is 0.244 e. The smallest absolute Gasteiger partial charge is 0.244 e. The van der Waals surface area contributed by atoms with Crippen LogP contribution in [0.2, 0.25) is 0 Å². The third-order valence-electron chi connectivity index (χ3n) is 6.21. The molecule has 2 aromatic carbocycles. The van der Waals surface area contributed by atoms with Crippen LogP contribution in [0.3, 0.4) is 0 Å². The number of amides is 2. The molecule has 1 saturated heterocycles. The first-order valence-electron chi connectivity index (χ1n) is 11.2. The summed E-state index contributed by atoms with van der Waals surface area (Å²) in [6.45, 7) is 2.85. The molecule has 4 rings (SSSR count). The zero-order valence-corrected chi connectivity index (χ0v) is 20.3. The lowest BCUT2D eigenvalue weighted by Gasteiger charge is -2.30. The summed E-state index contributed by atoms with van der Waals surface area (Å²) >= 11 is 0. The van der Waals surface area contributed by atoms with Crippen molar-refractivity contribution in [2.24, 2.45) is 5.92 Å². The van der Waals surface area contributed by atoms with Crippen molar-refractivity contribution >= 4 is 33.0 Å². The van der Waals surface area contributed by atoms with Crippen LogP contribution in [0, 0.1) is 25.6 Å². The third-order valence-corrected chi connectivity index (χ3v) is 7.93. The molecule has 0 radical (unpaired) electrons. The zero-order chi connectivity index (χ0) is 25.2. The molecule has 3 aromatic rings. The molecule has 1 aliphatic heterocycles. The van der Waals surface area contributed by atoms with E-state index < -0.39 is 27.5 Å². The molecular weight excluding hydrogens is 473 g/mol. The predicted octanol–water partition coefficient (Wildman–Crippen LogP) is 3.89. The minimum atomic E-state index is -3.16. The Kier molecular flexibility index (Phi) is 7.02. The van der Waals surface area contributed by atoms with Crippen molar-refractivity contribution < 1.29 is 26.8 Å². The predicted molar refractivity (Wildman–Crippen MR) is 130 cm³/mol. The maximum absolute atomic E-state index is 14.7. The van der Waals surface area contributed by atoms with Crippen LogP contribution in [-0.2, 0) is 19.4 Å². The lowest BCUT2D eigenvalue weighted by atomic mass is 9.99. The van der Waals surface area contributed by atoms with Gasteiger partial charge in [0.25, 0.3) is 0 Å². The summed E-state index contributed by atoms with van der Waals surface area (Å²) in [5.41, 5.74) is 2.97. The van der Waals surface area contributed by atoms with Crippen LogP contribution in [0.1, 0.15) is 24.0 Å². The number of carbonyl (C=O) groups is 2. The van der Waals surface area contributed by atoms with Gasteiger partial charge in [0.1, 0.15) is 34.2 Å². The molecule has 35 heavy (non-hydrogen) atoms. The van der Waals surface area contributed by atoms with Gasteiger partial charge in [0.2, 0.25) is 11.8 Å². The fourth-order valence-electron chi connectivity index (χ4n) is 4.17. The van der Waals surface area contributed by atoms with E-state index in [9.17, 15) is 22.4 Å². The Hall–Kier alpha value is -3.53. The normalized spacial score (nSPS) is 15.5. The molecule has 8 nitrogen and oxygen atoms in total. The first-order valence-corrected chi connectivity index (χ1v) is 13.0. The summed E-state index contributed by atoms with van der Waals surface area (Å²) in [5.74, 6) is -2.02. The van der Waals surface area contributed by atoms with Gasteiger partial charge in [-0.2, -0.15) is 0 Å². The van der Waals surface area contributed by atoms with Crippen molar-refractivity contribution in [1.29, 1.82) is 0 Å². The van der Waals surface area contributed by atoms with E-state index >= 15 is 0 Å². The van der Waals surface area contributed by atoms with E-state index in [1.165, 1.54) is 17.6 Å². The number of halogens is 1. The first kappa shape index (κ1) is 24.6. The highest BCUT2D eigenvalue weighted by Gasteiger charge is 2.33. The summed E-state index contributed by atoms with van der Waals surface area (Å²) < 4.78 is 43.3. The van der Waals surface area contributed by atoms with E-state index in [1.807, 2.05) is 0 Å². The molecule has 0 saturated carbocycles. The second-order valence-electron chi connectivity index (χ2n) is 8.69. The number of nitrogens with zero attached hydrogens (tertiary/aromatic N) is 2. The van der Waals surface area contributed by atoms with Gasteiger partial charge in [-0.25, -0.2) is 17.8 Å². The van der Waals surface area contributed by atoms with E-state index in [2.05, 4.69) is 10.3 Å². The second kappa shape index (κ2) is 9.99. The minimum Gasteiger partial charge on any atom is -0.451 e. The van der Waals surface area contributed by atoms with Gasteiger partial charge in [0.05, 0.1) is 17.2 Å². The number of rotatable bonds is 6. The van der Waals surface area contributed by atoms with Crippen molar-refractivity contribution in [3.63, 3.8) is 0 Å². The van der Waals surface area contributed by atoms with Gasteiger partial charge in [-0.05, 0) is 50.5 Å². The highest BCUT2D eigenvalue weighted by atomic mass is 32.2. The molecule has 0 aliphatic carbocycles. The van der Waals surface area contributed by atoms with E-state index in [0.29, 0.717) is 22.6 Å². The Morgan fingerprint density at radius 3 is 2.43 bits per heavy atom. The van der Waals surface area contributed by atoms with E-state index in [1.54, 1.807) is 50.2 Å². The topological polar surface area (TPSA) is 110 Å². The number of anilines is 2. The Labute approximate surface area is 203 Å². The summed E-state index contributed by atoms with van der Waals surface area (Å²) in [5, 5.41) is 2.76. The summed E-state index contributed by atoms with van der Waals surface area (Å²) in [7, 11) is -3.16. The Morgan fingerprint density at radius 1 is 1.11 bits per heavy atom. The summed E-state index contributed by atoms with van der Waals surface area (Å²) in [6, 6.07) is 10.1. The number of aryl methyl sites for hydroxylation is 1. The molecular formula is C25H26FN3O5S. The second-order valence-corrected chi connectivity index (χ2v) is 11.0. The van der Waals surface area contributed by atoms with Gasteiger partial charge in [-0.1, -0.05) is 18.2 Å². The van der Waals surface area contributed by atoms with Crippen molar-refractivity contribution in [3.8, 4) is 11.3 Å². The van der Waals surface area contributed by atoms with E-state index in [4.69, 9.17) is 4.42 Å². The molecule has 184 valence electrons. The molecule has 1 aromatic heterocycles. The number of aromatic nitrogens is 1. The van der Waals surface area contributed by atoms with Gasteiger partial charge < -0.3 is 14.6 Å². The van der Waals surface area contributed by atoms with Crippen LogP contribution in [0.25, 0.3) is 11.3 Å². The number of nitrogens with one attached hydrogen (secondary N) is 1. The number of sulfone groups is 1. The molecule has 1 aliphatic rings. The molecule has 0 unspecified atom stereocenters. The van der Waals surface area contributed by atoms with Crippen LogP contribution in [0.4, 0.5) is 15.8 Å². The Bertz CT molecular complexity index is 1320. The lowest BCUT2D eigenvalue weighted by molar-refractivity contribution is -0.124. The van der Waals surface area contributed by atoms with Gasteiger partial charge in [0.15, 0.2) is 6.39 Å². The average Bonchev–Trinajstić information content (AvgIpc) is 3.37. The highest BCUT2D eigenvalue weighted by Crippen LogP contribution is 2.29. The van der Waals surface area contributed by atoms with Crippen LogP contribution in [0.15, 0.2) is 53.5 Å². The minimum absolute atomic E-state index is 0.0808. The van der Waals surface area contributed by atoms with Crippen LogP contribution < -0.4 is 10.2 Å². The highest BCUT2D eigenvalue weighted by molar-refractivity contribution is 7.91. The van der Waals surface area contributed by atoms with Crippen LogP contribution in [-0.4, -0.2) is 43.3 Å². The van der Waals surface area contributed by atoms with Gasteiger partial charge >= 0.3 is 0 Å². The fraction of sp³-hybridized carbons (Fsp3) is 0.320. The fourth-order valence-corrected chi connectivity index (χ4v) is 5.66. The van der Waals surface area contributed by atoms with Crippen molar-refractivity contribution in [2.45, 2.75) is 26.7 Å². The van der Waals surface area contributed by atoms with Crippen LogP contribution in [0.5, 0.6) is 0 Å². The van der Waals surface area contributed by atoms with E-state index in [-0.39, 0.29) is 42.4 Å². The first-order chi connectivity index (χ1) is 16.6. The number of oxazole rings is 1. The molecule has 2 heterocycles. The number of hydrogen-bond acceptors (Lipinski definition) is 6. The Morgan fingerprint density at radius 2 is 1.80 bits per heavy atom. The lowest BCUT2D eigenvalue weighted by Crippen LogP contribution is -2.44. The SMILES string of the molecule is Cc1ccc(N(CC(=O)Nc2ccc(-c3cocn3)cc2)C(=O)C2CCS(=O)(=O)CC2)c(C)c1F. The van der Waals surface area contributed by atoms with Gasteiger partial charge in [0, 0.05) is 22.7 Å². The monoisotopic (exact) mass is 499 g/mol. The Balaban J connectivity index is 1.54. The van der Waals surface area contributed by atoms with Crippen molar-refractivity contribution in [1.82, 2.24) is 4.98 Å². The molecule has 10 heteroatoms. The number of hydrogen-bond donors (Lipinski definition) is 1. The van der Waals surface area contributed by atoms with Gasteiger partial charge in [-0.3, -0.25) is 9.59 Å². The number of carbonyl (C=O) groups excluding carboxylic acids is 2. The van der Waals surface area contributed by atoms with Crippen molar-refractivity contribution in [2.75, 3.05) is 28.3 Å². The van der Waals surface area contributed by atoms with Crippen molar-refractivity contribution in [3.05, 3.63) is 66.0 Å². The summed E-state index contributed by atoms with van der Waals surface area (Å²) in [4.78, 5) is 31.7. The number of benzene rings is 2. The summed E-state index contributed by atoms with van der Waals surface area (Å²) in [6.07, 6.45) is 3.19. The molecule has 1 N–H and O–H groups in total. The third kappa shape index (κ3) is 5.59. The largest absolute Gasteiger partial charge is 0.451 e. The van der Waals surface area contributed by atoms with E-state index in [0.717, 1.165) is 5.56 Å². The zero-order valence-electron chi connectivity index (χ0n) is 19.5. The molecule has 0 bridgehead atoms. The van der Waals surface area contributed by atoms with Crippen LogP contribution >= 0.6 is 0 Å². The molecule has 0 atom stereocenters. The standard InChI is InChI=1S/C25H26FN3O5S/c1-16-3-8-22(17(2)24(16)26)29(25(31)19-9-11-35(32,33)12-10-19)13-23(30)28-20-6-4-18(5-7-20)21-14-34-15-27-21/h3-8,14-15,19H,9-13H2,1-2H3,(H,28,30). The quantitative estimate of drug-likeness (QED) is 0.551. The maximum atomic E-state index is 14.7. The molecule has 1 fully saturated rings. The molecule has 2 amide bonds. The molecule has 0 spiro atoms. The average molecular weight is 500 g/mol.